The van der Waals surface area contributed by atoms with Crippen LogP contribution in [0.25, 0.3) is 5.69 Å². The Labute approximate surface area is 199 Å². The highest BCUT2D eigenvalue weighted by Crippen LogP contribution is 2.34. The summed E-state index contributed by atoms with van der Waals surface area (Å²) in [4.78, 5) is 14.9. The predicted octanol–water partition coefficient (Wildman–Crippen LogP) is 5.55. The first kappa shape index (κ1) is 22.4. The molecule has 0 aliphatic carbocycles. The first-order valence-electron chi connectivity index (χ1n) is 9.80. The van der Waals surface area contributed by atoms with Gasteiger partial charge in [0.1, 0.15) is 0 Å². The summed E-state index contributed by atoms with van der Waals surface area (Å²) in [6, 6.07) is 13.0. The van der Waals surface area contributed by atoms with Gasteiger partial charge in [0.05, 0.1) is 28.0 Å². The normalized spacial score (nSPS) is 14.2. The van der Waals surface area contributed by atoms with Crippen LogP contribution in [0.1, 0.15) is 18.7 Å². The predicted molar refractivity (Wildman–Crippen MR) is 127 cm³/mol. The summed E-state index contributed by atoms with van der Waals surface area (Å²) in [5.41, 5.74) is 1.31. The van der Waals surface area contributed by atoms with Crippen LogP contribution >= 0.6 is 46.6 Å². The second kappa shape index (κ2) is 10.2. The molecule has 1 fully saturated rings. The van der Waals surface area contributed by atoms with Crippen LogP contribution in [0.3, 0.4) is 0 Å². The Morgan fingerprint density at radius 1 is 1.03 bits per heavy atom. The standard InChI is InChI=1S/C21H20Cl3N5OS/c22-14-10-16(23)20(17(24)11-14)25-19(30)13-31-21-27-26-18(12-28-8-4-5-9-28)29(21)15-6-2-1-3-7-15/h1-3,6-7,10-11H,4-5,8-9,12-13H2,(H,25,30). The fraction of sp³-hybridized carbons (Fsp3) is 0.286. The zero-order chi connectivity index (χ0) is 21.8. The topological polar surface area (TPSA) is 63.1 Å². The molecule has 1 N–H and O–H groups in total. The molecule has 4 rings (SSSR count). The smallest absolute Gasteiger partial charge is 0.234 e. The van der Waals surface area contributed by atoms with Crippen molar-refractivity contribution in [1.82, 2.24) is 19.7 Å². The highest BCUT2D eigenvalue weighted by atomic mass is 35.5. The van der Waals surface area contributed by atoms with Crippen molar-refractivity contribution in [3.63, 3.8) is 0 Å². The molecule has 2 heterocycles. The molecule has 1 aliphatic heterocycles. The second-order valence-corrected chi connectivity index (χ2v) is 9.33. The van der Waals surface area contributed by atoms with Gasteiger partial charge in [-0.05, 0) is 50.2 Å². The Morgan fingerprint density at radius 2 is 1.71 bits per heavy atom. The van der Waals surface area contributed by atoms with E-state index in [-0.39, 0.29) is 21.7 Å². The Hall–Kier alpha value is -1.77. The van der Waals surface area contributed by atoms with Crippen molar-refractivity contribution >= 4 is 58.2 Å². The van der Waals surface area contributed by atoms with E-state index in [1.54, 1.807) is 0 Å². The van der Waals surface area contributed by atoms with Crippen LogP contribution in [0.2, 0.25) is 15.1 Å². The minimum atomic E-state index is -0.250. The summed E-state index contributed by atoms with van der Waals surface area (Å²) < 4.78 is 2.01. The Kier molecular flexibility index (Phi) is 7.40. The molecule has 0 unspecified atom stereocenters. The highest BCUT2D eigenvalue weighted by molar-refractivity contribution is 7.99. The third-order valence-electron chi connectivity index (χ3n) is 4.88. The molecule has 0 saturated carbocycles. The van der Waals surface area contributed by atoms with Gasteiger partial charge in [-0.1, -0.05) is 64.8 Å². The third kappa shape index (κ3) is 5.54. The van der Waals surface area contributed by atoms with E-state index in [2.05, 4.69) is 20.4 Å². The van der Waals surface area contributed by atoms with E-state index in [0.29, 0.717) is 15.9 Å². The Bertz CT molecular complexity index is 1050. The molecule has 1 aliphatic rings. The number of benzene rings is 2. The van der Waals surface area contributed by atoms with E-state index in [1.807, 2.05) is 34.9 Å². The zero-order valence-electron chi connectivity index (χ0n) is 16.5. The van der Waals surface area contributed by atoms with Gasteiger partial charge in [-0.25, -0.2) is 0 Å². The molecule has 3 aromatic rings. The number of aromatic nitrogens is 3. The molecule has 6 nitrogen and oxygen atoms in total. The number of carbonyl (C=O) groups is 1. The molecule has 0 bridgehead atoms. The van der Waals surface area contributed by atoms with E-state index in [4.69, 9.17) is 34.8 Å². The van der Waals surface area contributed by atoms with Crippen molar-refractivity contribution in [2.75, 3.05) is 24.2 Å². The van der Waals surface area contributed by atoms with Gasteiger partial charge < -0.3 is 5.32 Å². The quantitative estimate of drug-likeness (QED) is 0.434. The SMILES string of the molecule is O=C(CSc1nnc(CN2CCCC2)n1-c1ccccc1)Nc1c(Cl)cc(Cl)cc1Cl. The maximum Gasteiger partial charge on any atom is 0.234 e. The van der Waals surface area contributed by atoms with Gasteiger partial charge in [-0.2, -0.15) is 0 Å². The number of amides is 1. The van der Waals surface area contributed by atoms with Crippen molar-refractivity contribution in [1.29, 1.82) is 0 Å². The fourth-order valence-electron chi connectivity index (χ4n) is 3.44. The van der Waals surface area contributed by atoms with Gasteiger partial charge in [0.2, 0.25) is 5.91 Å². The van der Waals surface area contributed by atoms with Crippen LogP contribution in [-0.4, -0.2) is 44.4 Å². The number of para-hydroxylation sites is 1. The first-order valence-corrected chi connectivity index (χ1v) is 11.9. The monoisotopic (exact) mass is 495 g/mol. The van der Waals surface area contributed by atoms with Crippen LogP contribution in [0.15, 0.2) is 47.6 Å². The van der Waals surface area contributed by atoms with Gasteiger partial charge in [0.15, 0.2) is 11.0 Å². The molecule has 2 aromatic carbocycles. The molecular weight excluding hydrogens is 477 g/mol. The summed E-state index contributed by atoms with van der Waals surface area (Å²) >= 11 is 19.6. The molecule has 0 radical (unpaired) electrons. The van der Waals surface area contributed by atoms with Crippen LogP contribution in [0.5, 0.6) is 0 Å². The number of anilines is 1. The number of thioether (sulfide) groups is 1. The van der Waals surface area contributed by atoms with Crippen molar-refractivity contribution in [3.8, 4) is 5.69 Å². The van der Waals surface area contributed by atoms with E-state index in [1.165, 1.54) is 36.7 Å². The Balaban J connectivity index is 1.50. The minimum absolute atomic E-state index is 0.129. The van der Waals surface area contributed by atoms with Crippen molar-refractivity contribution in [2.45, 2.75) is 24.5 Å². The minimum Gasteiger partial charge on any atom is -0.323 e. The molecule has 0 atom stereocenters. The third-order valence-corrected chi connectivity index (χ3v) is 6.63. The van der Waals surface area contributed by atoms with Gasteiger partial charge in [0, 0.05) is 10.7 Å². The van der Waals surface area contributed by atoms with Gasteiger partial charge in [-0.15, -0.1) is 10.2 Å². The lowest BCUT2D eigenvalue weighted by atomic mass is 10.3. The lowest BCUT2D eigenvalue weighted by molar-refractivity contribution is -0.113. The summed E-state index contributed by atoms with van der Waals surface area (Å²) in [5, 5.41) is 13.2. The summed E-state index contributed by atoms with van der Waals surface area (Å²) in [6.45, 7) is 2.86. The second-order valence-electron chi connectivity index (χ2n) is 7.13. The average Bonchev–Trinajstić information content (AvgIpc) is 3.40. The van der Waals surface area contributed by atoms with Crippen molar-refractivity contribution in [2.24, 2.45) is 0 Å². The van der Waals surface area contributed by atoms with E-state index in [0.717, 1.165) is 31.1 Å². The molecular formula is C21H20Cl3N5OS. The molecule has 162 valence electrons. The number of nitrogens with zero attached hydrogens (tertiary/aromatic N) is 4. The average molecular weight is 497 g/mol. The fourth-order valence-corrected chi connectivity index (χ4v) is 5.12. The summed E-state index contributed by atoms with van der Waals surface area (Å²) in [6.07, 6.45) is 2.41. The van der Waals surface area contributed by atoms with Gasteiger partial charge in [0.25, 0.3) is 0 Å². The molecule has 0 spiro atoms. The van der Waals surface area contributed by atoms with Crippen molar-refractivity contribution < 1.29 is 4.79 Å². The number of hydrogen-bond acceptors (Lipinski definition) is 5. The lowest BCUT2D eigenvalue weighted by Crippen LogP contribution is -2.21. The highest BCUT2D eigenvalue weighted by Gasteiger charge is 2.20. The van der Waals surface area contributed by atoms with Crippen LogP contribution < -0.4 is 5.32 Å². The van der Waals surface area contributed by atoms with E-state index in [9.17, 15) is 4.79 Å². The summed E-state index contributed by atoms with van der Waals surface area (Å²) in [5.74, 6) is 0.740. The molecule has 1 aromatic heterocycles. The number of rotatable bonds is 7. The zero-order valence-corrected chi connectivity index (χ0v) is 19.6. The number of hydrogen-bond donors (Lipinski definition) is 1. The van der Waals surface area contributed by atoms with Crippen LogP contribution in [0, 0.1) is 0 Å². The van der Waals surface area contributed by atoms with Crippen LogP contribution in [0.4, 0.5) is 5.69 Å². The van der Waals surface area contributed by atoms with Crippen molar-refractivity contribution in [3.05, 3.63) is 63.4 Å². The number of halogens is 3. The maximum absolute atomic E-state index is 12.6. The summed E-state index contributed by atoms with van der Waals surface area (Å²) in [7, 11) is 0. The van der Waals surface area contributed by atoms with E-state index < -0.39 is 0 Å². The van der Waals surface area contributed by atoms with Crippen LogP contribution in [-0.2, 0) is 11.3 Å². The Morgan fingerprint density at radius 3 is 2.39 bits per heavy atom. The van der Waals surface area contributed by atoms with Gasteiger partial charge >= 0.3 is 0 Å². The molecule has 1 amide bonds. The largest absolute Gasteiger partial charge is 0.323 e. The van der Waals surface area contributed by atoms with Gasteiger partial charge in [-0.3, -0.25) is 14.3 Å². The number of likely N-dealkylation sites (tertiary alicyclic amines) is 1. The molecule has 1 saturated heterocycles. The number of nitrogens with one attached hydrogen (secondary N) is 1. The lowest BCUT2D eigenvalue weighted by Gasteiger charge is -2.16. The maximum atomic E-state index is 12.6. The number of carbonyl (C=O) groups excluding carboxylic acids is 1. The molecule has 31 heavy (non-hydrogen) atoms. The van der Waals surface area contributed by atoms with E-state index >= 15 is 0 Å². The first-order chi connectivity index (χ1) is 15.0. The molecule has 10 heteroatoms.